The maximum absolute atomic E-state index is 12.0. The molecule has 1 rings (SSSR count). The standard InChI is InChI=1S/C15H21ClN2O3/c1-9(2)6-7-18-14(19)10(3)21-15(20)12-8-11(16)4-5-13(12)17/h4-5,8-10H,6-7,17H2,1-3H3,(H,18,19). The molecule has 0 aliphatic heterocycles. The van der Waals surface area contributed by atoms with Gasteiger partial charge in [-0.2, -0.15) is 0 Å². The summed E-state index contributed by atoms with van der Waals surface area (Å²) in [6.07, 6.45) is -0.0174. The molecule has 0 aliphatic rings. The molecular weight excluding hydrogens is 292 g/mol. The van der Waals surface area contributed by atoms with E-state index in [4.69, 9.17) is 22.1 Å². The second kappa shape index (κ2) is 7.88. The molecule has 116 valence electrons. The van der Waals surface area contributed by atoms with Crippen LogP contribution in [-0.2, 0) is 9.53 Å². The number of amides is 1. The van der Waals surface area contributed by atoms with Gasteiger partial charge in [0.05, 0.1) is 5.56 Å². The average molecular weight is 313 g/mol. The molecule has 6 heteroatoms. The highest BCUT2D eigenvalue weighted by molar-refractivity contribution is 6.31. The molecule has 5 nitrogen and oxygen atoms in total. The Morgan fingerprint density at radius 2 is 2.00 bits per heavy atom. The monoisotopic (exact) mass is 312 g/mol. The van der Waals surface area contributed by atoms with Gasteiger partial charge in [-0.05, 0) is 37.5 Å². The van der Waals surface area contributed by atoms with E-state index in [1.807, 2.05) is 0 Å². The zero-order valence-corrected chi connectivity index (χ0v) is 13.2. The smallest absolute Gasteiger partial charge is 0.341 e. The summed E-state index contributed by atoms with van der Waals surface area (Å²) in [6, 6.07) is 4.52. The number of carbonyl (C=O) groups excluding carboxylic acids is 2. The second-order valence-electron chi connectivity index (χ2n) is 5.25. The lowest BCUT2D eigenvalue weighted by Crippen LogP contribution is -2.36. The van der Waals surface area contributed by atoms with Crippen molar-refractivity contribution in [2.75, 3.05) is 12.3 Å². The molecule has 0 saturated carbocycles. The van der Waals surface area contributed by atoms with Crippen molar-refractivity contribution in [3.63, 3.8) is 0 Å². The van der Waals surface area contributed by atoms with Gasteiger partial charge in [0.1, 0.15) is 0 Å². The molecule has 0 saturated heterocycles. The molecule has 0 bridgehead atoms. The first-order valence-electron chi connectivity index (χ1n) is 6.85. The Kier molecular flexibility index (Phi) is 6.49. The lowest BCUT2D eigenvalue weighted by atomic mass is 10.1. The maximum atomic E-state index is 12.0. The summed E-state index contributed by atoms with van der Waals surface area (Å²) < 4.78 is 5.10. The minimum Gasteiger partial charge on any atom is -0.449 e. The Bertz CT molecular complexity index is 518. The summed E-state index contributed by atoms with van der Waals surface area (Å²) in [6.45, 7) is 6.20. The van der Waals surface area contributed by atoms with E-state index in [0.29, 0.717) is 17.5 Å². The van der Waals surface area contributed by atoms with Crippen LogP contribution in [0.25, 0.3) is 0 Å². The second-order valence-corrected chi connectivity index (χ2v) is 5.69. The number of esters is 1. The largest absolute Gasteiger partial charge is 0.449 e. The first kappa shape index (κ1) is 17.3. The molecule has 1 aromatic rings. The van der Waals surface area contributed by atoms with Crippen molar-refractivity contribution in [3.05, 3.63) is 28.8 Å². The number of rotatable bonds is 6. The summed E-state index contributed by atoms with van der Waals surface area (Å²) in [5.74, 6) is -0.500. The quantitative estimate of drug-likeness (QED) is 0.625. The minimum atomic E-state index is -0.886. The Morgan fingerprint density at radius 1 is 1.33 bits per heavy atom. The van der Waals surface area contributed by atoms with Crippen LogP contribution in [0.5, 0.6) is 0 Å². The van der Waals surface area contributed by atoms with Crippen LogP contribution in [-0.4, -0.2) is 24.5 Å². The van der Waals surface area contributed by atoms with Crippen LogP contribution >= 0.6 is 11.6 Å². The lowest BCUT2D eigenvalue weighted by Gasteiger charge is -2.15. The van der Waals surface area contributed by atoms with Crippen molar-refractivity contribution in [1.82, 2.24) is 5.32 Å². The van der Waals surface area contributed by atoms with Gasteiger partial charge in [-0.25, -0.2) is 4.79 Å². The number of ether oxygens (including phenoxy) is 1. The number of hydrogen-bond acceptors (Lipinski definition) is 4. The van der Waals surface area contributed by atoms with Crippen molar-refractivity contribution in [2.45, 2.75) is 33.3 Å². The van der Waals surface area contributed by atoms with Crippen LogP contribution in [0.1, 0.15) is 37.6 Å². The van der Waals surface area contributed by atoms with Crippen molar-refractivity contribution in [2.24, 2.45) is 5.92 Å². The third-order valence-electron chi connectivity index (χ3n) is 2.91. The van der Waals surface area contributed by atoms with Gasteiger partial charge in [-0.1, -0.05) is 25.4 Å². The minimum absolute atomic E-state index is 0.157. The Labute approximate surface area is 129 Å². The lowest BCUT2D eigenvalue weighted by molar-refractivity contribution is -0.129. The van der Waals surface area contributed by atoms with Crippen LogP contribution < -0.4 is 11.1 Å². The SMILES string of the molecule is CC(C)CCNC(=O)C(C)OC(=O)c1cc(Cl)ccc1N. The molecule has 0 heterocycles. The van der Waals surface area contributed by atoms with Gasteiger partial charge in [0.2, 0.25) is 0 Å². The molecule has 0 aliphatic carbocycles. The Hall–Kier alpha value is -1.75. The fraction of sp³-hybridized carbons (Fsp3) is 0.467. The highest BCUT2D eigenvalue weighted by Gasteiger charge is 2.20. The van der Waals surface area contributed by atoms with Gasteiger partial charge in [0.15, 0.2) is 6.10 Å². The molecule has 1 aromatic carbocycles. The summed E-state index contributed by atoms with van der Waals surface area (Å²) in [7, 11) is 0. The van der Waals surface area contributed by atoms with Gasteiger partial charge in [-0.3, -0.25) is 4.79 Å². The van der Waals surface area contributed by atoms with Crippen LogP contribution in [0.2, 0.25) is 5.02 Å². The van der Waals surface area contributed by atoms with E-state index in [1.54, 1.807) is 6.07 Å². The molecule has 0 spiro atoms. The number of hydrogen-bond donors (Lipinski definition) is 2. The predicted octanol–water partition coefficient (Wildman–Crippen LogP) is 2.63. The molecule has 21 heavy (non-hydrogen) atoms. The third-order valence-corrected chi connectivity index (χ3v) is 3.14. The predicted molar refractivity (Wildman–Crippen MR) is 83.2 cm³/mol. The van der Waals surface area contributed by atoms with Crippen molar-refractivity contribution in [3.8, 4) is 0 Å². The third kappa shape index (κ3) is 5.63. The van der Waals surface area contributed by atoms with Crippen LogP contribution in [0.4, 0.5) is 5.69 Å². The van der Waals surface area contributed by atoms with E-state index in [2.05, 4.69) is 19.2 Å². The van der Waals surface area contributed by atoms with Crippen LogP contribution in [0, 0.1) is 5.92 Å². The van der Waals surface area contributed by atoms with E-state index >= 15 is 0 Å². The van der Waals surface area contributed by atoms with Gasteiger partial charge in [-0.15, -0.1) is 0 Å². The number of carbonyl (C=O) groups is 2. The van der Waals surface area contributed by atoms with Gasteiger partial charge >= 0.3 is 5.97 Å². The van der Waals surface area contributed by atoms with Crippen LogP contribution in [0.15, 0.2) is 18.2 Å². The molecule has 1 amide bonds. The molecule has 1 unspecified atom stereocenters. The van der Waals surface area contributed by atoms with E-state index in [-0.39, 0.29) is 17.2 Å². The highest BCUT2D eigenvalue weighted by Crippen LogP contribution is 2.19. The maximum Gasteiger partial charge on any atom is 0.341 e. The van der Waals surface area contributed by atoms with Gasteiger partial charge in [0.25, 0.3) is 5.91 Å². The number of benzene rings is 1. The molecule has 0 radical (unpaired) electrons. The summed E-state index contributed by atoms with van der Waals surface area (Å²) in [4.78, 5) is 23.8. The summed E-state index contributed by atoms with van der Waals surface area (Å²) in [5.41, 5.74) is 6.11. The van der Waals surface area contributed by atoms with E-state index in [9.17, 15) is 9.59 Å². The first-order chi connectivity index (χ1) is 9.81. The van der Waals surface area contributed by atoms with Crippen LogP contribution in [0.3, 0.4) is 0 Å². The van der Waals surface area contributed by atoms with E-state index < -0.39 is 12.1 Å². The number of nitrogens with one attached hydrogen (secondary N) is 1. The normalized spacial score (nSPS) is 12.0. The number of halogens is 1. The van der Waals surface area contributed by atoms with Crippen molar-refractivity contribution < 1.29 is 14.3 Å². The van der Waals surface area contributed by atoms with Gasteiger partial charge < -0.3 is 15.8 Å². The topological polar surface area (TPSA) is 81.4 Å². The number of nitrogens with two attached hydrogens (primary N) is 1. The van der Waals surface area contributed by atoms with Gasteiger partial charge in [0, 0.05) is 17.3 Å². The van der Waals surface area contributed by atoms with Crippen molar-refractivity contribution >= 4 is 29.2 Å². The number of anilines is 1. The van der Waals surface area contributed by atoms with Crippen molar-refractivity contribution in [1.29, 1.82) is 0 Å². The Balaban J connectivity index is 2.57. The zero-order valence-electron chi connectivity index (χ0n) is 12.5. The fourth-order valence-electron chi connectivity index (χ4n) is 1.61. The molecular formula is C15H21ClN2O3. The molecule has 0 aromatic heterocycles. The Morgan fingerprint density at radius 3 is 2.62 bits per heavy atom. The zero-order chi connectivity index (χ0) is 16.0. The molecule has 3 N–H and O–H groups in total. The average Bonchev–Trinajstić information content (AvgIpc) is 2.40. The first-order valence-corrected chi connectivity index (χ1v) is 7.22. The van der Waals surface area contributed by atoms with E-state index in [0.717, 1.165) is 6.42 Å². The molecule has 0 fully saturated rings. The fourth-order valence-corrected chi connectivity index (χ4v) is 1.78. The highest BCUT2D eigenvalue weighted by atomic mass is 35.5. The summed E-state index contributed by atoms with van der Waals surface area (Å²) >= 11 is 5.82. The van der Waals surface area contributed by atoms with E-state index in [1.165, 1.54) is 19.1 Å². The molecule has 1 atom stereocenters. The number of nitrogen functional groups attached to an aromatic ring is 1. The summed E-state index contributed by atoms with van der Waals surface area (Å²) in [5, 5.41) is 3.10.